The van der Waals surface area contributed by atoms with Crippen LogP contribution in [0.1, 0.15) is 27.6 Å². The Morgan fingerprint density at radius 2 is 1.73 bits per heavy atom. The monoisotopic (exact) mass is 354 g/mol. The third-order valence-corrected chi connectivity index (χ3v) is 4.41. The molecule has 0 aromatic carbocycles. The maximum atomic E-state index is 12.5. The summed E-state index contributed by atoms with van der Waals surface area (Å²) in [5.74, 6) is 0.357. The Balaban J connectivity index is 1.60. The summed E-state index contributed by atoms with van der Waals surface area (Å²) in [6.07, 6.45) is 2.89. The van der Waals surface area contributed by atoms with E-state index >= 15 is 0 Å². The maximum absolute atomic E-state index is 12.5. The molecular weight excluding hydrogens is 332 g/mol. The number of aromatic nitrogens is 2. The van der Waals surface area contributed by atoms with Gasteiger partial charge in [-0.25, -0.2) is 9.97 Å². The zero-order valence-electron chi connectivity index (χ0n) is 14.7. The summed E-state index contributed by atoms with van der Waals surface area (Å²) in [5, 5.41) is 2.67. The summed E-state index contributed by atoms with van der Waals surface area (Å²) in [5.41, 5.74) is 6.41. The van der Waals surface area contributed by atoms with Gasteiger partial charge in [-0.05, 0) is 30.8 Å². The van der Waals surface area contributed by atoms with E-state index in [1.165, 1.54) is 12.4 Å². The Morgan fingerprint density at radius 1 is 1.04 bits per heavy atom. The highest BCUT2D eigenvalue weighted by Gasteiger charge is 2.21. The van der Waals surface area contributed by atoms with Crippen LogP contribution in [0.2, 0.25) is 0 Å². The number of amides is 2. The summed E-state index contributed by atoms with van der Waals surface area (Å²) < 4.78 is 0. The number of nitrogens with zero attached hydrogens (tertiary/aromatic N) is 4. The molecule has 2 aromatic heterocycles. The standard InChI is InChI=1S/C18H22N6O2/c1-2-23-7-9-24(10-8-23)18(26)14-4-6-16(21-12-14)22-17(25)13-3-5-15(19)20-11-13/h3-6,11-12H,2,7-10H2,1H3,(H2,19,20)(H,21,22,25). The molecule has 1 saturated heterocycles. The number of pyridine rings is 2. The van der Waals surface area contributed by atoms with Crippen LogP contribution in [0.5, 0.6) is 0 Å². The minimum Gasteiger partial charge on any atom is -0.384 e. The third kappa shape index (κ3) is 4.15. The van der Waals surface area contributed by atoms with Gasteiger partial charge in [0, 0.05) is 38.6 Å². The summed E-state index contributed by atoms with van der Waals surface area (Å²) in [4.78, 5) is 36.9. The van der Waals surface area contributed by atoms with Crippen molar-refractivity contribution >= 4 is 23.5 Å². The minimum absolute atomic E-state index is 0.0335. The lowest BCUT2D eigenvalue weighted by molar-refractivity contribution is 0.0643. The van der Waals surface area contributed by atoms with Crippen molar-refractivity contribution in [3.05, 3.63) is 47.8 Å². The van der Waals surface area contributed by atoms with Crippen LogP contribution in [0.4, 0.5) is 11.6 Å². The number of nitrogens with one attached hydrogen (secondary N) is 1. The third-order valence-electron chi connectivity index (χ3n) is 4.41. The van der Waals surface area contributed by atoms with E-state index in [2.05, 4.69) is 27.1 Å². The van der Waals surface area contributed by atoms with Gasteiger partial charge in [0.25, 0.3) is 11.8 Å². The minimum atomic E-state index is -0.334. The molecule has 2 amide bonds. The molecule has 0 saturated carbocycles. The first-order chi connectivity index (χ1) is 12.6. The van der Waals surface area contributed by atoms with E-state index in [0.29, 0.717) is 22.8 Å². The fourth-order valence-corrected chi connectivity index (χ4v) is 2.77. The van der Waals surface area contributed by atoms with Gasteiger partial charge in [-0.1, -0.05) is 6.92 Å². The quantitative estimate of drug-likeness (QED) is 0.852. The molecule has 0 unspecified atom stereocenters. The molecule has 136 valence electrons. The lowest BCUT2D eigenvalue weighted by Crippen LogP contribution is -2.48. The van der Waals surface area contributed by atoms with Crippen molar-refractivity contribution in [1.29, 1.82) is 0 Å². The van der Waals surface area contributed by atoms with Gasteiger partial charge in [-0.3, -0.25) is 9.59 Å². The second-order valence-corrected chi connectivity index (χ2v) is 6.08. The Hall–Kier alpha value is -3.00. The number of carbonyl (C=O) groups is 2. The molecule has 3 heterocycles. The van der Waals surface area contributed by atoms with E-state index in [1.54, 1.807) is 24.3 Å². The topological polar surface area (TPSA) is 104 Å². The van der Waals surface area contributed by atoms with Gasteiger partial charge in [0.2, 0.25) is 0 Å². The van der Waals surface area contributed by atoms with Gasteiger partial charge < -0.3 is 20.9 Å². The molecule has 1 fully saturated rings. The Labute approximate surface area is 152 Å². The van der Waals surface area contributed by atoms with Crippen LogP contribution in [0.3, 0.4) is 0 Å². The molecule has 0 atom stereocenters. The van der Waals surface area contributed by atoms with Crippen molar-refractivity contribution in [2.24, 2.45) is 0 Å². The van der Waals surface area contributed by atoms with E-state index in [0.717, 1.165) is 32.7 Å². The summed E-state index contributed by atoms with van der Waals surface area (Å²) >= 11 is 0. The van der Waals surface area contributed by atoms with Gasteiger partial charge in [-0.15, -0.1) is 0 Å². The van der Waals surface area contributed by atoms with E-state index in [4.69, 9.17) is 5.73 Å². The van der Waals surface area contributed by atoms with Crippen LogP contribution < -0.4 is 11.1 Å². The number of nitrogen functional groups attached to an aromatic ring is 1. The number of nitrogens with two attached hydrogens (primary N) is 1. The molecule has 0 radical (unpaired) electrons. The normalized spacial score (nSPS) is 14.9. The smallest absolute Gasteiger partial charge is 0.258 e. The highest BCUT2D eigenvalue weighted by atomic mass is 16.2. The van der Waals surface area contributed by atoms with Crippen molar-refractivity contribution in [1.82, 2.24) is 19.8 Å². The molecule has 1 aliphatic rings. The molecule has 0 aliphatic carbocycles. The fourth-order valence-electron chi connectivity index (χ4n) is 2.77. The predicted molar refractivity (Wildman–Crippen MR) is 98.9 cm³/mol. The SMILES string of the molecule is CCN1CCN(C(=O)c2ccc(NC(=O)c3ccc(N)nc3)nc2)CC1. The van der Waals surface area contributed by atoms with Crippen molar-refractivity contribution in [2.45, 2.75) is 6.92 Å². The van der Waals surface area contributed by atoms with Gasteiger partial charge in [0.05, 0.1) is 11.1 Å². The summed E-state index contributed by atoms with van der Waals surface area (Å²) in [6.45, 7) is 6.33. The van der Waals surface area contributed by atoms with Crippen molar-refractivity contribution in [3.8, 4) is 0 Å². The van der Waals surface area contributed by atoms with E-state index in [-0.39, 0.29) is 11.8 Å². The maximum Gasteiger partial charge on any atom is 0.258 e. The van der Waals surface area contributed by atoms with Crippen molar-refractivity contribution in [3.63, 3.8) is 0 Å². The average Bonchev–Trinajstić information content (AvgIpc) is 2.68. The lowest BCUT2D eigenvalue weighted by atomic mass is 10.2. The molecule has 3 N–H and O–H groups in total. The number of rotatable bonds is 4. The molecular formula is C18H22N6O2. The number of carbonyl (C=O) groups excluding carboxylic acids is 2. The fraction of sp³-hybridized carbons (Fsp3) is 0.333. The number of hydrogen-bond acceptors (Lipinski definition) is 6. The van der Waals surface area contributed by atoms with Crippen LogP contribution in [-0.2, 0) is 0 Å². The van der Waals surface area contributed by atoms with Gasteiger partial charge in [0.15, 0.2) is 0 Å². The lowest BCUT2D eigenvalue weighted by Gasteiger charge is -2.34. The molecule has 26 heavy (non-hydrogen) atoms. The zero-order valence-corrected chi connectivity index (χ0v) is 14.7. The molecule has 3 rings (SSSR count). The Bertz CT molecular complexity index is 767. The van der Waals surface area contributed by atoms with Gasteiger partial charge >= 0.3 is 0 Å². The second kappa shape index (κ2) is 7.92. The predicted octanol–water partition coefficient (Wildman–Crippen LogP) is 1.09. The molecule has 2 aromatic rings. The summed E-state index contributed by atoms with van der Waals surface area (Å²) in [7, 11) is 0. The first kappa shape index (κ1) is 17.8. The summed E-state index contributed by atoms with van der Waals surface area (Å²) in [6, 6.07) is 6.45. The Morgan fingerprint density at radius 3 is 2.31 bits per heavy atom. The zero-order chi connectivity index (χ0) is 18.5. The van der Waals surface area contributed by atoms with Crippen LogP contribution in [-0.4, -0.2) is 64.3 Å². The van der Waals surface area contributed by atoms with Crippen LogP contribution in [0.15, 0.2) is 36.7 Å². The number of piperazine rings is 1. The van der Waals surface area contributed by atoms with Crippen molar-refractivity contribution < 1.29 is 9.59 Å². The second-order valence-electron chi connectivity index (χ2n) is 6.08. The first-order valence-corrected chi connectivity index (χ1v) is 8.57. The molecule has 8 nitrogen and oxygen atoms in total. The first-order valence-electron chi connectivity index (χ1n) is 8.57. The van der Waals surface area contributed by atoms with E-state index in [9.17, 15) is 9.59 Å². The van der Waals surface area contributed by atoms with Crippen LogP contribution in [0.25, 0.3) is 0 Å². The number of anilines is 2. The highest BCUT2D eigenvalue weighted by molar-refractivity contribution is 6.03. The molecule has 8 heteroatoms. The number of likely N-dealkylation sites (N-methyl/N-ethyl adjacent to an activating group) is 1. The van der Waals surface area contributed by atoms with Crippen molar-refractivity contribution in [2.75, 3.05) is 43.8 Å². The molecule has 0 spiro atoms. The van der Waals surface area contributed by atoms with E-state index in [1.807, 2.05) is 4.90 Å². The average molecular weight is 354 g/mol. The van der Waals surface area contributed by atoms with Gasteiger partial charge in [-0.2, -0.15) is 0 Å². The molecule has 1 aliphatic heterocycles. The largest absolute Gasteiger partial charge is 0.384 e. The molecule has 0 bridgehead atoms. The van der Waals surface area contributed by atoms with Crippen LogP contribution in [0, 0.1) is 0 Å². The van der Waals surface area contributed by atoms with Gasteiger partial charge in [0.1, 0.15) is 11.6 Å². The highest BCUT2D eigenvalue weighted by Crippen LogP contribution is 2.12. The van der Waals surface area contributed by atoms with Crippen LogP contribution >= 0.6 is 0 Å². The number of hydrogen-bond donors (Lipinski definition) is 2. The van der Waals surface area contributed by atoms with E-state index < -0.39 is 0 Å². The Kier molecular flexibility index (Phi) is 5.43.